The van der Waals surface area contributed by atoms with Gasteiger partial charge in [-0.2, -0.15) is 12.7 Å². The number of carbonyl (C=O) groups excluding carboxylic acids is 1. The van der Waals surface area contributed by atoms with Gasteiger partial charge in [0.25, 0.3) is 5.56 Å². The number of benzene rings is 1. The first-order chi connectivity index (χ1) is 11.5. The van der Waals surface area contributed by atoms with Crippen molar-refractivity contribution in [1.29, 1.82) is 0 Å². The van der Waals surface area contributed by atoms with Gasteiger partial charge >= 0.3 is 12.6 Å². The molecule has 3 aromatic rings. The fourth-order valence-corrected chi connectivity index (χ4v) is 2.94. The molecule has 3 rings (SSSR count). The van der Waals surface area contributed by atoms with E-state index < -0.39 is 18.2 Å². The summed E-state index contributed by atoms with van der Waals surface area (Å²) < 4.78 is 29.7. The van der Waals surface area contributed by atoms with Crippen molar-refractivity contribution in [3.05, 3.63) is 58.5 Å². The minimum absolute atomic E-state index is 0.0000204. The number of nitrogens with zero attached hydrogens (tertiary/aromatic N) is 2. The number of amides is 1. The Morgan fingerprint density at radius 3 is 2.92 bits per heavy atom. The highest BCUT2D eigenvalue weighted by Gasteiger charge is 2.14. The first-order valence-electron chi connectivity index (χ1n) is 6.83. The Bertz CT molecular complexity index is 939. The van der Waals surface area contributed by atoms with Crippen molar-refractivity contribution in [3.63, 3.8) is 0 Å². The van der Waals surface area contributed by atoms with Gasteiger partial charge < -0.3 is 10.1 Å². The number of halogens is 2. The van der Waals surface area contributed by atoms with Crippen molar-refractivity contribution < 1.29 is 18.3 Å². The molecule has 0 saturated carbocycles. The van der Waals surface area contributed by atoms with E-state index in [2.05, 4.69) is 15.0 Å². The summed E-state index contributed by atoms with van der Waals surface area (Å²) >= 11 is 0.936. The lowest BCUT2D eigenvalue weighted by Gasteiger charge is -2.08. The molecule has 1 amide bonds. The van der Waals surface area contributed by atoms with Crippen molar-refractivity contribution in [1.82, 2.24) is 14.3 Å². The maximum atomic E-state index is 12.2. The lowest BCUT2D eigenvalue weighted by Crippen LogP contribution is -2.32. The second-order valence-electron chi connectivity index (χ2n) is 4.73. The molecule has 0 unspecified atom stereocenters. The molecular weight excluding hydrogens is 340 g/mol. The van der Waals surface area contributed by atoms with Crippen molar-refractivity contribution in [2.24, 2.45) is 0 Å². The first kappa shape index (κ1) is 16.1. The van der Waals surface area contributed by atoms with Crippen LogP contribution >= 0.6 is 11.5 Å². The van der Waals surface area contributed by atoms with Crippen LogP contribution in [-0.4, -0.2) is 21.6 Å². The van der Waals surface area contributed by atoms with Crippen molar-refractivity contribution in [2.45, 2.75) is 13.2 Å². The molecule has 9 heteroatoms. The lowest BCUT2D eigenvalue weighted by atomic mass is 10.2. The van der Waals surface area contributed by atoms with Crippen LogP contribution in [0.1, 0.15) is 5.56 Å². The highest BCUT2D eigenvalue weighted by atomic mass is 32.1. The third-order valence-electron chi connectivity index (χ3n) is 3.12. The molecule has 0 spiro atoms. The molecule has 1 N–H and O–H groups in total. The van der Waals surface area contributed by atoms with E-state index in [0.29, 0.717) is 15.8 Å². The number of hydrogen-bond donors (Lipinski definition) is 1. The maximum absolute atomic E-state index is 12.2. The highest BCUT2D eigenvalue weighted by Crippen LogP contribution is 2.16. The van der Waals surface area contributed by atoms with Gasteiger partial charge in [0.05, 0.1) is 5.39 Å². The predicted octanol–water partition coefficient (Wildman–Crippen LogP) is 2.82. The smallest absolute Gasteiger partial charge is 0.387 e. The average molecular weight is 351 g/mol. The zero-order chi connectivity index (χ0) is 17.1. The van der Waals surface area contributed by atoms with Gasteiger partial charge in [0.2, 0.25) is 0 Å². The Morgan fingerprint density at radius 2 is 2.17 bits per heavy atom. The number of aromatic nitrogens is 2. The fourth-order valence-electron chi connectivity index (χ4n) is 2.08. The Balaban J connectivity index is 1.73. The van der Waals surface area contributed by atoms with Crippen LogP contribution in [0.25, 0.3) is 10.2 Å². The molecule has 0 bridgehead atoms. The molecule has 0 aliphatic rings. The summed E-state index contributed by atoms with van der Waals surface area (Å²) in [6.45, 7) is -2.85. The normalized spacial score (nSPS) is 11.0. The molecule has 0 aliphatic carbocycles. The minimum Gasteiger partial charge on any atom is -0.435 e. The Labute approximate surface area is 138 Å². The number of carbonyl (C=O) groups is 1. The molecule has 6 nitrogen and oxygen atoms in total. The second-order valence-corrected chi connectivity index (χ2v) is 5.67. The zero-order valence-corrected chi connectivity index (χ0v) is 12.9. The molecule has 2 aromatic heterocycles. The standard InChI is InChI=1S/C15H11F2N3O3S/c16-14(17)23-10-4-1-3-9(7-10)8-19-15(22)20-13(21)11-5-2-6-18-12(11)24-20/h1-7,14H,8H2,(H,19,22). The number of nitrogens with one attached hydrogen (secondary N) is 1. The van der Waals surface area contributed by atoms with Gasteiger partial charge in [-0.15, -0.1) is 0 Å². The van der Waals surface area contributed by atoms with E-state index in [1.807, 2.05) is 0 Å². The summed E-state index contributed by atoms with van der Waals surface area (Å²) in [5.41, 5.74) is 0.115. The number of rotatable bonds is 4. The molecule has 0 saturated heterocycles. The summed E-state index contributed by atoms with van der Waals surface area (Å²) in [4.78, 5) is 28.8. The summed E-state index contributed by atoms with van der Waals surface area (Å²) in [7, 11) is 0. The SMILES string of the molecule is O=C(NCc1cccc(OC(F)F)c1)n1sc2ncccc2c1=O. The molecule has 124 valence electrons. The molecule has 0 fully saturated rings. The number of hydrogen-bond acceptors (Lipinski definition) is 5. The topological polar surface area (TPSA) is 73.2 Å². The van der Waals surface area contributed by atoms with E-state index in [1.165, 1.54) is 24.4 Å². The Kier molecular flexibility index (Phi) is 4.52. The largest absolute Gasteiger partial charge is 0.435 e. The van der Waals surface area contributed by atoms with Gasteiger partial charge in [-0.1, -0.05) is 12.1 Å². The average Bonchev–Trinajstić information content (AvgIpc) is 2.90. The molecule has 0 atom stereocenters. The van der Waals surface area contributed by atoms with Crippen LogP contribution < -0.4 is 15.6 Å². The van der Waals surface area contributed by atoms with Crippen LogP contribution in [0, 0.1) is 0 Å². The number of pyridine rings is 1. The van der Waals surface area contributed by atoms with Crippen molar-refractivity contribution >= 4 is 27.8 Å². The Hall–Kier alpha value is -2.81. The number of alkyl halides is 2. The number of ether oxygens (including phenoxy) is 1. The van der Waals surface area contributed by atoms with Crippen LogP contribution in [0.15, 0.2) is 47.4 Å². The third-order valence-corrected chi connectivity index (χ3v) is 4.13. The zero-order valence-electron chi connectivity index (χ0n) is 12.1. The molecule has 0 aliphatic heterocycles. The van der Waals surface area contributed by atoms with E-state index in [1.54, 1.807) is 18.2 Å². The lowest BCUT2D eigenvalue weighted by molar-refractivity contribution is -0.0498. The van der Waals surface area contributed by atoms with Crippen LogP contribution in [0.3, 0.4) is 0 Å². The summed E-state index contributed by atoms with van der Waals surface area (Å²) in [5, 5.41) is 2.93. The summed E-state index contributed by atoms with van der Waals surface area (Å²) in [6, 6.07) is 8.57. The van der Waals surface area contributed by atoms with E-state index in [9.17, 15) is 18.4 Å². The fraction of sp³-hybridized carbons (Fsp3) is 0.133. The summed E-state index contributed by atoms with van der Waals surface area (Å²) in [6.07, 6.45) is 1.54. The van der Waals surface area contributed by atoms with Gasteiger partial charge in [-0.3, -0.25) is 4.79 Å². The van der Waals surface area contributed by atoms with Crippen LogP contribution in [0.2, 0.25) is 0 Å². The van der Waals surface area contributed by atoms with E-state index in [-0.39, 0.29) is 12.3 Å². The van der Waals surface area contributed by atoms with Gasteiger partial charge in [-0.05, 0) is 41.4 Å². The number of fused-ring (bicyclic) bond motifs is 1. The summed E-state index contributed by atoms with van der Waals surface area (Å²) in [5.74, 6) is -0.0000204. The van der Waals surface area contributed by atoms with Gasteiger partial charge in [0, 0.05) is 12.7 Å². The van der Waals surface area contributed by atoms with Crippen molar-refractivity contribution in [3.8, 4) is 5.75 Å². The van der Waals surface area contributed by atoms with Crippen LogP contribution in [0.5, 0.6) is 5.75 Å². The van der Waals surface area contributed by atoms with Crippen LogP contribution in [-0.2, 0) is 6.54 Å². The maximum Gasteiger partial charge on any atom is 0.387 e. The molecule has 2 heterocycles. The minimum atomic E-state index is -2.92. The van der Waals surface area contributed by atoms with Gasteiger partial charge in [-0.25, -0.2) is 9.78 Å². The highest BCUT2D eigenvalue weighted by molar-refractivity contribution is 7.14. The molecule has 1 aromatic carbocycles. The monoisotopic (exact) mass is 351 g/mol. The molecule has 24 heavy (non-hydrogen) atoms. The van der Waals surface area contributed by atoms with E-state index >= 15 is 0 Å². The molecular formula is C15H11F2N3O3S. The predicted molar refractivity (Wildman–Crippen MR) is 84.6 cm³/mol. The van der Waals surface area contributed by atoms with E-state index in [4.69, 9.17) is 0 Å². The molecule has 0 radical (unpaired) electrons. The second kappa shape index (κ2) is 6.75. The Morgan fingerprint density at radius 1 is 1.33 bits per heavy atom. The third kappa shape index (κ3) is 3.40. The van der Waals surface area contributed by atoms with Gasteiger partial charge in [0.1, 0.15) is 10.6 Å². The quantitative estimate of drug-likeness (QED) is 0.784. The van der Waals surface area contributed by atoms with Gasteiger partial charge in [0.15, 0.2) is 0 Å². The van der Waals surface area contributed by atoms with Crippen LogP contribution in [0.4, 0.5) is 13.6 Å². The van der Waals surface area contributed by atoms with E-state index in [0.717, 1.165) is 15.5 Å². The first-order valence-corrected chi connectivity index (χ1v) is 7.61. The van der Waals surface area contributed by atoms with Crippen molar-refractivity contribution in [2.75, 3.05) is 0 Å².